The lowest BCUT2D eigenvalue weighted by Crippen LogP contribution is -2.29. The molecule has 1 rings (SSSR count). The molecule has 102 valence electrons. The quantitative estimate of drug-likeness (QED) is 0.871. The molecule has 0 heterocycles. The maximum atomic E-state index is 13.1. The molecule has 0 spiro atoms. The fourth-order valence-electron chi connectivity index (χ4n) is 1.83. The molecule has 0 saturated carbocycles. The van der Waals surface area contributed by atoms with Gasteiger partial charge in [-0.05, 0) is 35.6 Å². The number of rotatable bonds is 5. The summed E-state index contributed by atoms with van der Waals surface area (Å²) in [5, 5.41) is 13.0. The van der Waals surface area contributed by atoms with Gasteiger partial charge in [0.2, 0.25) is 0 Å². The van der Waals surface area contributed by atoms with Crippen molar-refractivity contribution in [3.8, 4) is 0 Å². The maximum absolute atomic E-state index is 13.1. The first-order chi connectivity index (χ1) is 8.28. The van der Waals surface area contributed by atoms with Crippen molar-refractivity contribution >= 4 is 15.9 Å². The van der Waals surface area contributed by atoms with Crippen LogP contribution < -0.4 is 5.32 Å². The van der Waals surface area contributed by atoms with Crippen LogP contribution >= 0.6 is 15.9 Å². The minimum absolute atomic E-state index is 0.112. The van der Waals surface area contributed by atoms with Gasteiger partial charge in [0, 0.05) is 17.6 Å². The van der Waals surface area contributed by atoms with E-state index < -0.39 is 0 Å². The predicted molar refractivity (Wildman–Crippen MR) is 75.9 cm³/mol. The Labute approximate surface area is 117 Å². The molecule has 0 amide bonds. The first-order valence-electron chi connectivity index (χ1n) is 6.10. The highest BCUT2D eigenvalue weighted by Crippen LogP contribution is 2.21. The summed E-state index contributed by atoms with van der Waals surface area (Å²) in [5.41, 5.74) is 0.971. The number of hydrogen-bond acceptors (Lipinski definition) is 2. The molecule has 0 aromatic heterocycles. The number of aliphatic hydroxyl groups excluding tert-OH is 1. The normalized spacial score (nSPS) is 13.7. The molecule has 0 aliphatic rings. The Bertz CT molecular complexity index is 390. The van der Waals surface area contributed by atoms with Gasteiger partial charge in [0.1, 0.15) is 5.82 Å². The van der Waals surface area contributed by atoms with Gasteiger partial charge in [-0.1, -0.05) is 36.7 Å². The Morgan fingerprint density at radius 3 is 2.67 bits per heavy atom. The molecule has 0 saturated heterocycles. The van der Waals surface area contributed by atoms with Crippen LogP contribution in [-0.4, -0.2) is 17.8 Å². The highest BCUT2D eigenvalue weighted by atomic mass is 79.9. The topological polar surface area (TPSA) is 32.3 Å². The van der Waals surface area contributed by atoms with Gasteiger partial charge in [0.05, 0.1) is 6.10 Å². The van der Waals surface area contributed by atoms with Crippen LogP contribution in [0.15, 0.2) is 22.7 Å². The van der Waals surface area contributed by atoms with Gasteiger partial charge < -0.3 is 10.4 Å². The zero-order chi connectivity index (χ0) is 13.8. The summed E-state index contributed by atoms with van der Waals surface area (Å²) in [6.45, 7) is 7.35. The van der Waals surface area contributed by atoms with E-state index in [0.29, 0.717) is 13.1 Å². The van der Waals surface area contributed by atoms with Crippen LogP contribution in [0.4, 0.5) is 4.39 Å². The SMILES string of the molecule is CC(C)(C)CC(O)CNCc1cc(F)ccc1Br. The summed E-state index contributed by atoms with van der Waals surface area (Å²) in [6, 6.07) is 4.60. The molecule has 1 unspecified atom stereocenters. The summed E-state index contributed by atoms with van der Waals surface area (Å²) in [5.74, 6) is -0.245. The van der Waals surface area contributed by atoms with Crippen molar-refractivity contribution in [3.05, 3.63) is 34.1 Å². The average Bonchev–Trinajstić information content (AvgIpc) is 2.20. The molecule has 4 heteroatoms. The zero-order valence-electron chi connectivity index (χ0n) is 11.1. The number of halogens is 2. The van der Waals surface area contributed by atoms with E-state index in [4.69, 9.17) is 0 Å². The van der Waals surface area contributed by atoms with Crippen molar-refractivity contribution < 1.29 is 9.50 Å². The monoisotopic (exact) mass is 317 g/mol. The molecule has 18 heavy (non-hydrogen) atoms. The molecule has 0 bridgehead atoms. The zero-order valence-corrected chi connectivity index (χ0v) is 12.7. The summed E-state index contributed by atoms with van der Waals surface area (Å²) < 4.78 is 13.9. The van der Waals surface area contributed by atoms with Crippen LogP contribution in [0.3, 0.4) is 0 Å². The lowest BCUT2D eigenvalue weighted by molar-refractivity contribution is 0.119. The van der Waals surface area contributed by atoms with Crippen molar-refractivity contribution in [2.75, 3.05) is 6.54 Å². The van der Waals surface area contributed by atoms with Crippen LogP contribution in [0.5, 0.6) is 0 Å². The second kappa shape index (κ2) is 6.64. The Morgan fingerprint density at radius 2 is 2.06 bits per heavy atom. The van der Waals surface area contributed by atoms with E-state index in [1.54, 1.807) is 6.07 Å². The van der Waals surface area contributed by atoms with Crippen LogP contribution in [0.25, 0.3) is 0 Å². The summed E-state index contributed by atoms with van der Waals surface area (Å²) in [4.78, 5) is 0. The largest absolute Gasteiger partial charge is 0.392 e. The third-order valence-corrected chi connectivity index (χ3v) is 3.32. The minimum atomic E-state index is -0.377. The van der Waals surface area contributed by atoms with Gasteiger partial charge in [-0.3, -0.25) is 0 Å². The third kappa shape index (κ3) is 5.94. The van der Waals surface area contributed by atoms with Crippen molar-refractivity contribution in [2.24, 2.45) is 5.41 Å². The fraction of sp³-hybridized carbons (Fsp3) is 0.571. The van der Waals surface area contributed by atoms with Gasteiger partial charge in [0.15, 0.2) is 0 Å². The van der Waals surface area contributed by atoms with Crippen molar-refractivity contribution in [1.29, 1.82) is 0 Å². The van der Waals surface area contributed by atoms with Crippen molar-refractivity contribution in [1.82, 2.24) is 5.32 Å². The van der Waals surface area contributed by atoms with E-state index in [1.807, 2.05) is 0 Å². The molecule has 2 N–H and O–H groups in total. The average molecular weight is 318 g/mol. The van der Waals surface area contributed by atoms with Gasteiger partial charge in [-0.25, -0.2) is 4.39 Å². The fourth-order valence-corrected chi connectivity index (χ4v) is 2.22. The van der Waals surface area contributed by atoms with E-state index in [1.165, 1.54) is 12.1 Å². The standard InChI is InChI=1S/C14H21BrFNO/c1-14(2,3)7-12(18)9-17-8-10-6-11(16)4-5-13(10)15/h4-6,12,17-18H,7-9H2,1-3H3. The van der Waals surface area contributed by atoms with E-state index in [-0.39, 0.29) is 17.3 Å². The number of aliphatic hydroxyl groups is 1. The summed E-state index contributed by atoms with van der Waals surface area (Å²) in [6.07, 6.45) is 0.363. The minimum Gasteiger partial charge on any atom is -0.392 e. The third-order valence-electron chi connectivity index (χ3n) is 2.55. The van der Waals surface area contributed by atoms with E-state index in [0.717, 1.165) is 16.5 Å². The summed E-state index contributed by atoms with van der Waals surface area (Å²) in [7, 11) is 0. The molecule has 0 aliphatic carbocycles. The van der Waals surface area contributed by atoms with Crippen LogP contribution in [0, 0.1) is 11.2 Å². The second-order valence-electron chi connectivity index (χ2n) is 5.79. The van der Waals surface area contributed by atoms with Crippen LogP contribution in [0.1, 0.15) is 32.8 Å². The lowest BCUT2D eigenvalue weighted by Gasteiger charge is -2.22. The molecule has 1 aromatic rings. The molecule has 0 aliphatic heterocycles. The Morgan fingerprint density at radius 1 is 1.39 bits per heavy atom. The first-order valence-corrected chi connectivity index (χ1v) is 6.90. The molecule has 0 fully saturated rings. The molecular weight excluding hydrogens is 297 g/mol. The van der Waals surface area contributed by atoms with Crippen LogP contribution in [-0.2, 0) is 6.54 Å². The number of hydrogen-bond donors (Lipinski definition) is 2. The van der Waals surface area contributed by atoms with Gasteiger partial charge in [-0.15, -0.1) is 0 Å². The summed E-state index contributed by atoms with van der Waals surface area (Å²) >= 11 is 3.38. The van der Waals surface area contributed by atoms with Gasteiger partial charge >= 0.3 is 0 Å². The van der Waals surface area contributed by atoms with E-state index >= 15 is 0 Å². The lowest BCUT2D eigenvalue weighted by atomic mass is 9.89. The van der Waals surface area contributed by atoms with Crippen LogP contribution in [0.2, 0.25) is 0 Å². The highest BCUT2D eigenvalue weighted by molar-refractivity contribution is 9.10. The smallest absolute Gasteiger partial charge is 0.123 e. The number of nitrogens with one attached hydrogen (secondary N) is 1. The molecule has 1 aromatic carbocycles. The molecule has 1 atom stereocenters. The Balaban J connectivity index is 2.40. The Hall–Kier alpha value is -0.450. The van der Waals surface area contributed by atoms with E-state index in [2.05, 4.69) is 42.0 Å². The first kappa shape index (κ1) is 15.6. The molecule has 2 nitrogen and oxygen atoms in total. The number of benzene rings is 1. The van der Waals surface area contributed by atoms with Crippen molar-refractivity contribution in [3.63, 3.8) is 0 Å². The van der Waals surface area contributed by atoms with Gasteiger partial charge in [0.25, 0.3) is 0 Å². The highest BCUT2D eigenvalue weighted by Gasteiger charge is 2.16. The predicted octanol–water partition coefficient (Wildman–Crippen LogP) is 3.47. The van der Waals surface area contributed by atoms with Crippen molar-refractivity contribution in [2.45, 2.75) is 39.8 Å². The molecular formula is C14H21BrFNO. The Kier molecular flexibility index (Phi) is 5.76. The maximum Gasteiger partial charge on any atom is 0.123 e. The second-order valence-corrected chi connectivity index (χ2v) is 6.64. The van der Waals surface area contributed by atoms with Gasteiger partial charge in [-0.2, -0.15) is 0 Å². The molecule has 0 radical (unpaired) electrons. The van der Waals surface area contributed by atoms with E-state index in [9.17, 15) is 9.50 Å².